The minimum absolute atomic E-state index is 0.360. The van der Waals surface area contributed by atoms with E-state index in [0.29, 0.717) is 47.5 Å². The SMILES string of the molecule is CNc1nc(OCCOCC(C)C)c(Cl)cc1Cl. The number of hydrogen-bond acceptors (Lipinski definition) is 4. The number of aromatic nitrogens is 1. The fourth-order valence-electron chi connectivity index (χ4n) is 1.24. The molecule has 0 atom stereocenters. The summed E-state index contributed by atoms with van der Waals surface area (Å²) in [6, 6.07) is 1.60. The molecule has 0 radical (unpaired) electrons. The molecule has 0 fully saturated rings. The lowest BCUT2D eigenvalue weighted by atomic mass is 10.2. The summed E-state index contributed by atoms with van der Waals surface area (Å²) in [7, 11) is 1.73. The lowest BCUT2D eigenvalue weighted by molar-refractivity contribution is 0.0807. The summed E-state index contributed by atoms with van der Waals surface area (Å²) in [5, 5.41) is 3.72. The molecule has 0 bridgehead atoms. The highest BCUT2D eigenvalue weighted by atomic mass is 35.5. The van der Waals surface area contributed by atoms with Gasteiger partial charge in [-0.1, -0.05) is 37.0 Å². The van der Waals surface area contributed by atoms with Crippen molar-refractivity contribution in [3.63, 3.8) is 0 Å². The van der Waals surface area contributed by atoms with Crippen LogP contribution in [0.15, 0.2) is 6.07 Å². The van der Waals surface area contributed by atoms with Crippen LogP contribution in [0.1, 0.15) is 13.8 Å². The van der Waals surface area contributed by atoms with Crippen molar-refractivity contribution in [2.45, 2.75) is 13.8 Å². The van der Waals surface area contributed by atoms with E-state index >= 15 is 0 Å². The molecule has 1 aromatic rings. The van der Waals surface area contributed by atoms with Crippen molar-refractivity contribution in [1.29, 1.82) is 0 Å². The summed E-state index contributed by atoms with van der Waals surface area (Å²) in [4.78, 5) is 4.17. The van der Waals surface area contributed by atoms with Gasteiger partial charge < -0.3 is 14.8 Å². The summed E-state index contributed by atoms with van der Waals surface area (Å²) in [6.45, 7) is 5.82. The summed E-state index contributed by atoms with van der Waals surface area (Å²) in [5.74, 6) is 1.41. The van der Waals surface area contributed by atoms with Crippen LogP contribution in [0.3, 0.4) is 0 Å². The number of rotatable bonds is 7. The largest absolute Gasteiger partial charge is 0.474 e. The van der Waals surface area contributed by atoms with Crippen LogP contribution in [0.2, 0.25) is 10.0 Å². The van der Waals surface area contributed by atoms with Crippen LogP contribution in [-0.4, -0.2) is 31.9 Å². The predicted octanol–water partition coefficient (Wildman–Crippen LogP) is 3.48. The van der Waals surface area contributed by atoms with E-state index < -0.39 is 0 Å². The van der Waals surface area contributed by atoms with Crippen molar-refractivity contribution >= 4 is 29.0 Å². The normalized spacial score (nSPS) is 10.8. The van der Waals surface area contributed by atoms with Crippen molar-refractivity contribution < 1.29 is 9.47 Å². The highest BCUT2D eigenvalue weighted by Crippen LogP contribution is 2.30. The Bertz CT molecular complexity index is 387. The van der Waals surface area contributed by atoms with Crippen molar-refractivity contribution in [3.8, 4) is 5.88 Å². The Balaban J connectivity index is 2.47. The third-order valence-corrected chi connectivity index (χ3v) is 2.61. The van der Waals surface area contributed by atoms with Gasteiger partial charge in [-0.15, -0.1) is 0 Å². The van der Waals surface area contributed by atoms with Crippen molar-refractivity contribution in [2.24, 2.45) is 5.92 Å². The molecule has 0 aromatic carbocycles. The lowest BCUT2D eigenvalue weighted by Gasteiger charge is -2.11. The first kappa shape index (κ1) is 15.3. The maximum atomic E-state index is 5.98. The zero-order valence-electron chi connectivity index (χ0n) is 10.8. The molecule has 4 nitrogen and oxygen atoms in total. The monoisotopic (exact) mass is 292 g/mol. The molecule has 6 heteroatoms. The summed E-state index contributed by atoms with van der Waals surface area (Å²) < 4.78 is 10.8. The number of nitrogens with zero attached hydrogens (tertiary/aromatic N) is 1. The molecule has 1 aromatic heterocycles. The minimum Gasteiger partial charge on any atom is -0.474 e. The van der Waals surface area contributed by atoms with E-state index in [2.05, 4.69) is 24.1 Å². The highest BCUT2D eigenvalue weighted by molar-refractivity contribution is 6.36. The number of halogens is 2. The van der Waals surface area contributed by atoms with Crippen molar-refractivity contribution in [2.75, 3.05) is 32.2 Å². The third-order valence-electron chi connectivity index (χ3n) is 2.05. The Kier molecular flexibility index (Phi) is 6.54. The summed E-state index contributed by atoms with van der Waals surface area (Å²) >= 11 is 11.9. The molecule has 102 valence electrons. The first-order chi connectivity index (χ1) is 8.54. The number of pyridine rings is 1. The van der Waals surface area contributed by atoms with Crippen LogP contribution in [0.4, 0.5) is 5.82 Å². The van der Waals surface area contributed by atoms with Gasteiger partial charge in [0.05, 0.1) is 11.6 Å². The second kappa shape index (κ2) is 7.67. The Morgan fingerprint density at radius 2 is 2.00 bits per heavy atom. The average molecular weight is 293 g/mol. The van der Waals surface area contributed by atoms with Crippen LogP contribution >= 0.6 is 23.2 Å². The fraction of sp³-hybridized carbons (Fsp3) is 0.583. The molecule has 1 rings (SSSR count). The molecular formula is C12H18Cl2N2O2. The van der Waals surface area contributed by atoms with Crippen molar-refractivity contribution in [3.05, 3.63) is 16.1 Å². The van der Waals surface area contributed by atoms with Gasteiger partial charge in [-0.2, -0.15) is 4.98 Å². The smallest absolute Gasteiger partial charge is 0.234 e. The van der Waals surface area contributed by atoms with Crippen LogP contribution in [0.25, 0.3) is 0 Å². The van der Waals surface area contributed by atoms with Crippen LogP contribution in [0, 0.1) is 5.92 Å². The number of hydrogen-bond donors (Lipinski definition) is 1. The number of anilines is 1. The molecule has 0 unspecified atom stereocenters. The molecular weight excluding hydrogens is 275 g/mol. The molecule has 0 saturated carbocycles. The van der Waals surface area contributed by atoms with E-state index in [9.17, 15) is 0 Å². The van der Waals surface area contributed by atoms with Crippen LogP contribution < -0.4 is 10.1 Å². The fourth-order valence-corrected chi connectivity index (χ4v) is 1.75. The van der Waals surface area contributed by atoms with Crippen molar-refractivity contribution in [1.82, 2.24) is 4.98 Å². The van der Waals surface area contributed by atoms with Gasteiger partial charge in [0.25, 0.3) is 0 Å². The lowest BCUT2D eigenvalue weighted by Crippen LogP contribution is -2.11. The quantitative estimate of drug-likeness (QED) is 0.782. The summed E-state index contributed by atoms with van der Waals surface area (Å²) in [6.07, 6.45) is 0. The Morgan fingerprint density at radius 3 is 2.61 bits per heavy atom. The highest BCUT2D eigenvalue weighted by Gasteiger charge is 2.09. The summed E-state index contributed by atoms with van der Waals surface area (Å²) in [5.41, 5.74) is 0. The zero-order chi connectivity index (χ0) is 13.5. The standard InChI is InChI=1S/C12H18Cl2N2O2/c1-8(2)7-17-4-5-18-12-10(14)6-9(13)11(15-3)16-12/h6,8H,4-5,7H2,1-3H3,(H,15,16). The Morgan fingerprint density at radius 1 is 1.28 bits per heavy atom. The van der Waals surface area contributed by atoms with E-state index in [1.807, 2.05) is 0 Å². The molecule has 1 N–H and O–H groups in total. The Labute approximate surface area is 118 Å². The van der Waals surface area contributed by atoms with Gasteiger partial charge in [0.15, 0.2) is 0 Å². The van der Waals surface area contributed by atoms with Gasteiger partial charge in [0.1, 0.15) is 17.4 Å². The first-order valence-corrected chi connectivity index (χ1v) is 6.54. The molecule has 0 spiro atoms. The zero-order valence-corrected chi connectivity index (χ0v) is 12.3. The first-order valence-electron chi connectivity index (χ1n) is 5.79. The van der Waals surface area contributed by atoms with Gasteiger partial charge in [-0.05, 0) is 12.0 Å². The van der Waals surface area contributed by atoms with Gasteiger partial charge >= 0.3 is 0 Å². The minimum atomic E-state index is 0.360. The average Bonchev–Trinajstić information content (AvgIpc) is 2.30. The maximum absolute atomic E-state index is 5.98. The van der Waals surface area contributed by atoms with E-state index in [1.54, 1.807) is 13.1 Å². The number of nitrogens with one attached hydrogen (secondary N) is 1. The van der Waals surface area contributed by atoms with Gasteiger partial charge in [-0.3, -0.25) is 0 Å². The third kappa shape index (κ3) is 4.88. The topological polar surface area (TPSA) is 43.4 Å². The van der Waals surface area contributed by atoms with E-state index in [4.69, 9.17) is 32.7 Å². The molecule has 18 heavy (non-hydrogen) atoms. The number of ether oxygens (including phenoxy) is 2. The van der Waals surface area contributed by atoms with Gasteiger partial charge in [-0.25, -0.2) is 0 Å². The van der Waals surface area contributed by atoms with E-state index in [1.165, 1.54) is 0 Å². The molecule has 0 saturated heterocycles. The predicted molar refractivity (Wildman–Crippen MR) is 75.0 cm³/mol. The second-order valence-electron chi connectivity index (χ2n) is 4.17. The Hall–Kier alpha value is -0.710. The van der Waals surface area contributed by atoms with E-state index in [0.717, 1.165) is 0 Å². The van der Waals surface area contributed by atoms with Crippen LogP contribution in [0.5, 0.6) is 5.88 Å². The molecule has 0 amide bonds. The molecule has 1 heterocycles. The van der Waals surface area contributed by atoms with E-state index in [-0.39, 0.29) is 0 Å². The second-order valence-corrected chi connectivity index (χ2v) is 4.99. The maximum Gasteiger partial charge on any atom is 0.234 e. The van der Waals surface area contributed by atoms with Gasteiger partial charge in [0.2, 0.25) is 5.88 Å². The molecule has 0 aliphatic carbocycles. The van der Waals surface area contributed by atoms with Gasteiger partial charge in [0, 0.05) is 13.7 Å². The molecule has 0 aliphatic rings. The molecule has 0 aliphatic heterocycles. The van der Waals surface area contributed by atoms with Crippen LogP contribution in [-0.2, 0) is 4.74 Å².